The van der Waals surface area contributed by atoms with Crippen molar-refractivity contribution in [2.45, 2.75) is 18.9 Å². The Morgan fingerprint density at radius 2 is 2.29 bits per heavy atom. The number of hydrogen-bond donors (Lipinski definition) is 2. The standard InChI is InChI=1S/C13H19N3O/c1-15-11-6-4-8-16(9-13(14)17)12-7-3-2-5-10(11)12/h2-3,5,7,11,15H,4,6,8-9H2,1H3,(H2,14,17). The van der Waals surface area contributed by atoms with Gasteiger partial charge < -0.3 is 16.0 Å². The SMILES string of the molecule is CNC1CCCN(CC(N)=O)c2ccccc21. The van der Waals surface area contributed by atoms with Crippen molar-refractivity contribution < 1.29 is 4.79 Å². The second-order valence-corrected chi connectivity index (χ2v) is 4.43. The Morgan fingerprint density at radius 1 is 1.53 bits per heavy atom. The lowest BCUT2D eigenvalue weighted by Gasteiger charge is -2.24. The second kappa shape index (κ2) is 5.19. The van der Waals surface area contributed by atoms with Gasteiger partial charge in [0.2, 0.25) is 5.91 Å². The highest BCUT2D eigenvalue weighted by molar-refractivity contribution is 5.80. The number of primary amides is 1. The highest BCUT2D eigenvalue weighted by Gasteiger charge is 2.21. The van der Waals surface area contributed by atoms with Gasteiger partial charge in [0.15, 0.2) is 0 Å². The summed E-state index contributed by atoms with van der Waals surface area (Å²) in [7, 11) is 1.98. The minimum absolute atomic E-state index is 0.275. The van der Waals surface area contributed by atoms with Crippen LogP contribution in [0.3, 0.4) is 0 Å². The molecule has 4 nitrogen and oxygen atoms in total. The third-order valence-corrected chi connectivity index (χ3v) is 3.27. The molecule has 0 radical (unpaired) electrons. The van der Waals surface area contributed by atoms with Crippen LogP contribution in [0.15, 0.2) is 24.3 Å². The molecule has 1 aromatic carbocycles. The van der Waals surface area contributed by atoms with Gasteiger partial charge in [0.1, 0.15) is 0 Å². The van der Waals surface area contributed by atoms with Crippen molar-refractivity contribution in [2.24, 2.45) is 5.73 Å². The molecule has 0 saturated heterocycles. The molecule has 1 heterocycles. The predicted octanol–water partition coefficient (Wildman–Crippen LogP) is 1.03. The molecule has 1 aromatic rings. The molecule has 0 aromatic heterocycles. The summed E-state index contributed by atoms with van der Waals surface area (Å²) in [6, 6.07) is 8.59. The molecule has 0 bridgehead atoms. The van der Waals surface area contributed by atoms with Gasteiger partial charge in [-0.3, -0.25) is 4.79 Å². The van der Waals surface area contributed by atoms with E-state index in [1.54, 1.807) is 0 Å². The monoisotopic (exact) mass is 233 g/mol. The Labute approximate surface area is 102 Å². The number of nitrogens with two attached hydrogens (primary N) is 1. The van der Waals surface area contributed by atoms with Crippen LogP contribution in [0.5, 0.6) is 0 Å². The molecule has 17 heavy (non-hydrogen) atoms. The lowest BCUT2D eigenvalue weighted by molar-refractivity contribution is -0.116. The maximum atomic E-state index is 11.1. The van der Waals surface area contributed by atoms with Crippen molar-refractivity contribution in [2.75, 3.05) is 25.0 Å². The first-order valence-electron chi connectivity index (χ1n) is 6.02. The van der Waals surface area contributed by atoms with Crippen molar-refractivity contribution in [3.8, 4) is 0 Å². The van der Waals surface area contributed by atoms with Crippen LogP contribution in [-0.2, 0) is 4.79 Å². The molecule has 1 atom stereocenters. The zero-order valence-corrected chi connectivity index (χ0v) is 10.1. The van der Waals surface area contributed by atoms with Crippen molar-refractivity contribution in [1.29, 1.82) is 0 Å². The predicted molar refractivity (Wildman–Crippen MR) is 68.9 cm³/mol. The first-order chi connectivity index (χ1) is 8.22. The number of nitrogens with one attached hydrogen (secondary N) is 1. The van der Waals surface area contributed by atoms with Crippen LogP contribution >= 0.6 is 0 Å². The fraction of sp³-hybridized carbons (Fsp3) is 0.462. The summed E-state index contributed by atoms with van der Waals surface area (Å²) in [6.07, 6.45) is 2.15. The molecular weight excluding hydrogens is 214 g/mol. The number of hydrogen-bond acceptors (Lipinski definition) is 3. The largest absolute Gasteiger partial charge is 0.368 e. The average molecular weight is 233 g/mol. The van der Waals surface area contributed by atoms with Crippen LogP contribution in [-0.4, -0.2) is 26.0 Å². The molecule has 1 unspecified atom stereocenters. The Hall–Kier alpha value is -1.55. The Balaban J connectivity index is 2.35. The van der Waals surface area contributed by atoms with E-state index in [0.29, 0.717) is 12.6 Å². The minimum Gasteiger partial charge on any atom is -0.368 e. The third kappa shape index (κ3) is 2.58. The number of fused-ring (bicyclic) bond motifs is 1. The molecule has 1 aliphatic heterocycles. The van der Waals surface area contributed by atoms with Crippen molar-refractivity contribution >= 4 is 11.6 Å². The lowest BCUT2D eigenvalue weighted by atomic mass is 10.0. The van der Waals surface area contributed by atoms with E-state index < -0.39 is 0 Å². The summed E-state index contributed by atoms with van der Waals surface area (Å²) in [5, 5.41) is 3.33. The Kier molecular flexibility index (Phi) is 3.64. The summed E-state index contributed by atoms with van der Waals surface area (Å²) in [4.78, 5) is 13.2. The third-order valence-electron chi connectivity index (χ3n) is 3.27. The fourth-order valence-electron chi connectivity index (χ4n) is 2.48. The van der Waals surface area contributed by atoms with E-state index in [0.717, 1.165) is 25.1 Å². The number of anilines is 1. The molecular formula is C13H19N3O. The summed E-state index contributed by atoms with van der Waals surface area (Å²) >= 11 is 0. The summed E-state index contributed by atoms with van der Waals surface area (Å²) in [6.45, 7) is 1.19. The molecule has 1 aliphatic rings. The molecule has 0 aliphatic carbocycles. The van der Waals surface area contributed by atoms with E-state index in [2.05, 4.69) is 22.3 Å². The zero-order chi connectivity index (χ0) is 12.3. The van der Waals surface area contributed by atoms with Crippen LogP contribution in [0.1, 0.15) is 24.4 Å². The number of benzene rings is 1. The molecule has 1 amide bonds. The highest BCUT2D eigenvalue weighted by Crippen LogP contribution is 2.32. The van der Waals surface area contributed by atoms with E-state index in [1.165, 1.54) is 5.56 Å². The number of rotatable bonds is 3. The summed E-state index contributed by atoms with van der Waals surface area (Å²) < 4.78 is 0. The van der Waals surface area contributed by atoms with Crippen LogP contribution in [0.2, 0.25) is 0 Å². The van der Waals surface area contributed by atoms with Crippen molar-refractivity contribution in [1.82, 2.24) is 5.32 Å². The van der Waals surface area contributed by atoms with Gasteiger partial charge in [0.25, 0.3) is 0 Å². The summed E-state index contributed by atoms with van der Waals surface area (Å²) in [5.74, 6) is -0.275. The van der Waals surface area contributed by atoms with E-state index in [4.69, 9.17) is 5.73 Å². The molecule has 0 spiro atoms. The maximum Gasteiger partial charge on any atom is 0.236 e. The van der Waals surface area contributed by atoms with E-state index in [9.17, 15) is 4.79 Å². The first kappa shape index (κ1) is 11.9. The average Bonchev–Trinajstić information content (AvgIpc) is 2.49. The van der Waals surface area contributed by atoms with Crippen LogP contribution in [0.4, 0.5) is 5.69 Å². The molecule has 0 saturated carbocycles. The molecule has 92 valence electrons. The van der Waals surface area contributed by atoms with Crippen molar-refractivity contribution in [3.05, 3.63) is 29.8 Å². The topological polar surface area (TPSA) is 58.4 Å². The normalized spacial score (nSPS) is 19.6. The van der Waals surface area contributed by atoms with E-state index in [1.807, 2.05) is 19.2 Å². The van der Waals surface area contributed by atoms with Gasteiger partial charge in [-0.05, 0) is 31.5 Å². The van der Waals surface area contributed by atoms with E-state index >= 15 is 0 Å². The fourth-order valence-corrected chi connectivity index (χ4v) is 2.48. The van der Waals surface area contributed by atoms with Crippen molar-refractivity contribution in [3.63, 3.8) is 0 Å². The first-order valence-corrected chi connectivity index (χ1v) is 6.02. The minimum atomic E-state index is -0.275. The Bertz CT molecular complexity index is 405. The second-order valence-electron chi connectivity index (χ2n) is 4.43. The summed E-state index contributed by atoms with van der Waals surface area (Å²) in [5.41, 5.74) is 7.69. The number of carbonyl (C=O) groups excluding carboxylic acids is 1. The van der Waals surface area contributed by atoms with Gasteiger partial charge in [-0.15, -0.1) is 0 Å². The van der Waals surface area contributed by atoms with Gasteiger partial charge in [0.05, 0.1) is 6.54 Å². The van der Waals surface area contributed by atoms with Gasteiger partial charge in [-0.25, -0.2) is 0 Å². The van der Waals surface area contributed by atoms with Gasteiger partial charge in [-0.2, -0.15) is 0 Å². The van der Waals surface area contributed by atoms with Crippen LogP contribution < -0.4 is 16.0 Å². The maximum absolute atomic E-state index is 11.1. The van der Waals surface area contributed by atoms with Gasteiger partial charge in [-0.1, -0.05) is 18.2 Å². The molecule has 3 N–H and O–H groups in total. The number of para-hydroxylation sites is 1. The lowest BCUT2D eigenvalue weighted by Crippen LogP contribution is -2.34. The highest BCUT2D eigenvalue weighted by atomic mass is 16.1. The Morgan fingerprint density at radius 3 is 3.00 bits per heavy atom. The number of nitrogens with zero attached hydrogens (tertiary/aromatic N) is 1. The van der Waals surface area contributed by atoms with Gasteiger partial charge >= 0.3 is 0 Å². The smallest absolute Gasteiger partial charge is 0.236 e. The number of carbonyl (C=O) groups is 1. The quantitative estimate of drug-likeness (QED) is 0.820. The zero-order valence-electron chi connectivity index (χ0n) is 10.1. The van der Waals surface area contributed by atoms with Crippen LogP contribution in [0.25, 0.3) is 0 Å². The van der Waals surface area contributed by atoms with E-state index in [-0.39, 0.29) is 5.91 Å². The molecule has 0 fully saturated rings. The van der Waals surface area contributed by atoms with Crippen LogP contribution in [0, 0.1) is 0 Å². The molecule has 2 rings (SSSR count). The number of amides is 1. The molecule has 4 heteroatoms. The van der Waals surface area contributed by atoms with Gasteiger partial charge in [0, 0.05) is 18.3 Å².